The Morgan fingerprint density at radius 2 is 1.51 bits per heavy atom. The SMILES string of the molecule is COC(=O)c1c(-c2cc(OC)c(C)c(OC)c2)c2ccc(O)cc2c(=O)n1-c1ccc(N)cc1.Cl. The molecule has 9 heteroatoms. The molecule has 0 bridgehead atoms. The van der Waals surface area contributed by atoms with Gasteiger partial charge in [-0.2, -0.15) is 0 Å². The summed E-state index contributed by atoms with van der Waals surface area (Å²) in [6.45, 7) is 1.86. The minimum absolute atomic E-state index is 0. The van der Waals surface area contributed by atoms with Gasteiger partial charge in [-0.15, -0.1) is 12.4 Å². The quantitative estimate of drug-likeness (QED) is 0.309. The van der Waals surface area contributed by atoms with Crippen molar-refractivity contribution in [2.24, 2.45) is 0 Å². The van der Waals surface area contributed by atoms with Crippen LogP contribution in [-0.4, -0.2) is 37.0 Å². The van der Waals surface area contributed by atoms with Crippen LogP contribution in [0.2, 0.25) is 0 Å². The van der Waals surface area contributed by atoms with Crippen LogP contribution in [0.1, 0.15) is 16.1 Å². The molecule has 0 radical (unpaired) electrons. The van der Waals surface area contributed by atoms with Crippen LogP contribution in [0.4, 0.5) is 5.69 Å². The molecule has 0 saturated heterocycles. The van der Waals surface area contributed by atoms with Crippen molar-refractivity contribution in [3.63, 3.8) is 0 Å². The van der Waals surface area contributed by atoms with Crippen LogP contribution < -0.4 is 20.8 Å². The van der Waals surface area contributed by atoms with Gasteiger partial charge in [0, 0.05) is 22.5 Å². The standard InChI is InChI=1S/C26H24N2O6.ClH/c1-14-21(32-2)11-15(12-22(14)33-3)23-19-10-9-18(29)13-20(19)25(30)28(24(23)26(31)34-4)17-7-5-16(27)6-8-17;/h5-13,29H,27H2,1-4H3;1H. The van der Waals surface area contributed by atoms with E-state index in [0.717, 1.165) is 5.56 Å². The summed E-state index contributed by atoms with van der Waals surface area (Å²) in [5, 5.41) is 10.8. The maximum absolute atomic E-state index is 13.7. The van der Waals surface area contributed by atoms with Crippen molar-refractivity contribution < 1.29 is 24.1 Å². The number of esters is 1. The van der Waals surface area contributed by atoms with Crippen molar-refractivity contribution in [2.45, 2.75) is 6.92 Å². The number of hydrogen-bond acceptors (Lipinski definition) is 7. The fraction of sp³-hybridized carbons (Fsp3) is 0.154. The molecule has 0 aliphatic carbocycles. The number of rotatable bonds is 5. The molecule has 1 aromatic heterocycles. The highest BCUT2D eigenvalue weighted by Gasteiger charge is 2.26. The Balaban J connectivity index is 0.00000342. The number of hydrogen-bond donors (Lipinski definition) is 2. The molecule has 0 spiro atoms. The van der Waals surface area contributed by atoms with Gasteiger partial charge in [-0.3, -0.25) is 9.36 Å². The number of aromatic hydroxyl groups is 1. The molecule has 0 unspecified atom stereocenters. The molecule has 4 rings (SSSR count). The Bertz CT molecular complexity index is 1450. The third kappa shape index (κ3) is 4.36. The van der Waals surface area contributed by atoms with Gasteiger partial charge in [0.15, 0.2) is 0 Å². The molecule has 0 aliphatic heterocycles. The average molecular weight is 497 g/mol. The first-order valence-corrected chi connectivity index (χ1v) is 10.4. The summed E-state index contributed by atoms with van der Waals surface area (Å²) in [5.74, 6) is 0.298. The number of anilines is 1. The highest BCUT2D eigenvalue weighted by Crippen LogP contribution is 2.39. The van der Waals surface area contributed by atoms with E-state index in [4.69, 9.17) is 19.9 Å². The highest BCUT2D eigenvalue weighted by atomic mass is 35.5. The lowest BCUT2D eigenvalue weighted by Crippen LogP contribution is -2.26. The van der Waals surface area contributed by atoms with E-state index in [1.54, 1.807) is 42.5 Å². The van der Waals surface area contributed by atoms with E-state index >= 15 is 0 Å². The molecular formula is C26H25ClN2O6. The maximum Gasteiger partial charge on any atom is 0.355 e. The van der Waals surface area contributed by atoms with Crippen LogP contribution in [-0.2, 0) is 4.74 Å². The van der Waals surface area contributed by atoms with Gasteiger partial charge in [-0.05, 0) is 72.5 Å². The third-order valence-corrected chi connectivity index (χ3v) is 5.74. The topological polar surface area (TPSA) is 113 Å². The summed E-state index contributed by atoms with van der Waals surface area (Å²) >= 11 is 0. The maximum atomic E-state index is 13.7. The van der Waals surface area contributed by atoms with E-state index < -0.39 is 11.5 Å². The molecule has 0 atom stereocenters. The zero-order chi connectivity index (χ0) is 24.6. The number of pyridine rings is 1. The Labute approximate surface area is 207 Å². The Kier molecular flexibility index (Phi) is 7.26. The normalized spacial score (nSPS) is 10.5. The summed E-state index contributed by atoms with van der Waals surface area (Å²) in [7, 11) is 4.33. The highest BCUT2D eigenvalue weighted by molar-refractivity contribution is 6.07. The van der Waals surface area contributed by atoms with Crippen LogP contribution in [0.15, 0.2) is 59.4 Å². The van der Waals surface area contributed by atoms with Crippen molar-refractivity contribution in [2.75, 3.05) is 27.1 Å². The lowest BCUT2D eigenvalue weighted by Gasteiger charge is -2.20. The molecule has 1 heterocycles. The molecule has 0 fully saturated rings. The Morgan fingerprint density at radius 1 is 0.914 bits per heavy atom. The van der Waals surface area contributed by atoms with Crippen LogP contribution in [0.3, 0.4) is 0 Å². The van der Waals surface area contributed by atoms with Crippen molar-refractivity contribution in [3.05, 3.63) is 76.2 Å². The number of carbonyl (C=O) groups excluding carboxylic acids is 1. The predicted molar refractivity (Wildman–Crippen MR) is 137 cm³/mol. The fourth-order valence-electron chi connectivity index (χ4n) is 4.07. The molecule has 8 nitrogen and oxygen atoms in total. The summed E-state index contributed by atoms with van der Waals surface area (Å²) < 4.78 is 17.5. The summed E-state index contributed by atoms with van der Waals surface area (Å²) in [6.07, 6.45) is 0. The molecule has 182 valence electrons. The second-order valence-corrected chi connectivity index (χ2v) is 7.68. The second kappa shape index (κ2) is 9.99. The van der Waals surface area contributed by atoms with Crippen LogP contribution >= 0.6 is 12.4 Å². The van der Waals surface area contributed by atoms with Gasteiger partial charge < -0.3 is 25.1 Å². The number of benzene rings is 3. The number of methoxy groups -OCH3 is 3. The number of nitrogen functional groups attached to an aromatic ring is 1. The van der Waals surface area contributed by atoms with Gasteiger partial charge >= 0.3 is 5.97 Å². The van der Waals surface area contributed by atoms with Gasteiger partial charge in [0.1, 0.15) is 22.9 Å². The minimum atomic E-state index is -0.711. The number of carbonyl (C=O) groups is 1. The van der Waals surface area contributed by atoms with Crippen molar-refractivity contribution in [3.8, 4) is 34.1 Å². The summed E-state index contributed by atoms with van der Waals surface area (Å²) in [4.78, 5) is 26.8. The molecule has 0 aliphatic rings. The zero-order valence-electron chi connectivity index (χ0n) is 19.6. The molecular weight excluding hydrogens is 472 g/mol. The van der Waals surface area contributed by atoms with Crippen molar-refractivity contribution >= 4 is 34.8 Å². The van der Waals surface area contributed by atoms with Gasteiger partial charge in [0.25, 0.3) is 5.56 Å². The van der Waals surface area contributed by atoms with Crippen LogP contribution in [0.25, 0.3) is 27.6 Å². The number of aromatic nitrogens is 1. The fourth-order valence-corrected chi connectivity index (χ4v) is 4.07. The number of phenolic OH excluding ortho intramolecular Hbond substituents is 1. The first-order valence-electron chi connectivity index (χ1n) is 10.4. The van der Waals surface area contributed by atoms with Crippen molar-refractivity contribution in [1.29, 1.82) is 0 Å². The van der Waals surface area contributed by atoms with E-state index in [-0.39, 0.29) is 29.2 Å². The number of fused-ring (bicyclic) bond motifs is 1. The molecule has 35 heavy (non-hydrogen) atoms. The largest absolute Gasteiger partial charge is 0.508 e. The van der Waals surface area contributed by atoms with E-state index in [1.165, 1.54) is 38.0 Å². The molecule has 0 amide bonds. The number of nitrogens with two attached hydrogens (primary N) is 1. The monoisotopic (exact) mass is 496 g/mol. The third-order valence-electron chi connectivity index (χ3n) is 5.74. The number of nitrogens with zero attached hydrogens (tertiary/aromatic N) is 1. The molecule has 3 N–H and O–H groups in total. The number of phenols is 1. The summed E-state index contributed by atoms with van der Waals surface area (Å²) in [5.41, 5.74) is 8.05. The first-order chi connectivity index (χ1) is 16.3. The van der Waals surface area contributed by atoms with Gasteiger partial charge in [-0.1, -0.05) is 0 Å². The lowest BCUT2D eigenvalue weighted by molar-refractivity contribution is 0.0591. The minimum Gasteiger partial charge on any atom is -0.508 e. The molecule has 0 saturated carbocycles. The predicted octanol–water partition coefficient (Wildman–Crippen LogP) is 4.48. The van der Waals surface area contributed by atoms with E-state index in [2.05, 4.69) is 0 Å². The second-order valence-electron chi connectivity index (χ2n) is 7.68. The van der Waals surface area contributed by atoms with Crippen LogP contribution in [0, 0.1) is 6.92 Å². The summed E-state index contributed by atoms with van der Waals surface area (Å²) in [6, 6.07) is 14.5. The Hall–Kier alpha value is -4.17. The van der Waals surface area contributed by atoms with E-state index in [1.807, 2.05) is 6.92 Å². The Morgan fingerprint density at radius 3 is 2.06 bits per heavy atom. The van der Waals surface area contributed by atoms with Gasteiger partial charge in [0.2, 0.25) is 0 Å². The van der Waals surface area contributed by atoms with E-state index in [9.17, 15) is 14.7 Å². The van der Waals surface area contributed by atoms with Crippen LogP contribution in [0.5, 0.6) is 17.2 Å². The first kappa shape index (κ1) is 25.5. The number of halogens is 1. The smallest absolute Gasteiger partial charge is 0.355 e. The van der Waals surface area contributed by atoms with E-state index in [0.29, 0.717) is 39.4 Å². The van der Waals surface area contributed by atoms with Gasteiger partial charge in [0.05, 0.1) is 26.7 Å². The zero-order valence-corrected chi connectivity index (χ0v) is 20.4. The molecule has 4 aromatic rings. The van der Waals surface area contributed by atoms with Gasteiger partial charge in [-0.25, -0.2) is 4.79 Å². The van der Waals surface area contributed by atoms with Crippen molar-refractivity contribution in [1.82, 2.24) is 4.57 Å². The molecule has 3 aromatic carbocycles. The number of ether oxygens (including phenoxy) is 3. The lowest BCUT2D eigenvalue weighted by atomic mass is 9.94. The average Bonchev–Trinajstić information content (AvgIpc) is 2.84.